The lowest BCUT2D eigenvalue weighted by atomic mass is 10.0. The number of hydrogen-bond donors (Lipinski definition) is 1. The van der Waals surface area contributed by atoms with Gasteiger partial charge in [0.05, 0.1) is 19.1 Å². The number of amides is 4. The third-order valence-electron chi connectivity index (χ3n) is 6.14. The molecule has 1 saturated heterocycles. The summed E-state index contributed by atoms with van der Waals surface area (Å²) in [6, 6.07) is 18.6. The van der Waals surface area contributed by atoms with E-state index in [2.05, 4.69) is 10.4 Å². The number of carbonyl (C=O) groups is 3. The SMILES string of the molecule is COc1ccc(C2=NN(C(=O)CN3C(=O)NC(Cc4ccccc4)C3=O)C(c3ccco3)C2)cc1. The van der Waals surface area contributed by atoms with Crippen molar-refractivity contribution in [2.24, 2.45) is 5.10 Å². The van der Waals surface area contributed by atoms with E-state index in [0.29, 0.717) is 30.1 Å². The van der Waals surface area contributed by atoms with Crippen LogP contribution in [0.1, 0.15) is 29.3 Å². The summed E-state index contributed by atoms with van der Waals surface area (Å²) in [6.45, 7) is -0.410. The zero-order chi connectivity index (χ0) is 24.4. The highest BCUT2D eigenvalue weighted by atomic mass is 16.5. The van der Waals surface area contributed by atoms with Crippen LogP contribution in [0, 0.1) is 0 Å². The Labute approximate surface area is 202 Å². The number of benzene rings is 2. The number of nitrogens with one attached hydrogen (secondary N) is 1. The van der Waals surface area contributed by atoms with Crippen LogP contribution in [0.25, 0.3) is 0 Å². The molecule has 0 saturated carbocycles. The van der Waals surface area contributed by atoms with Crippen LogP contribution in [-0.4, -0.2) is 53.2 Å². The molecule has 1 N–H and O–H groups in total. The van der Waals surface area contributed by atoms with Gasteiger partial charge in [0.25, 0.3) is 11.8 Å². The molecule has 9 nitrogen and oxygen atoms in total. The van der Waals surface area contributed by atoms with Gasteiger partial charge in [-0.05, 0) is 47.5 Å². The van der Waals surface area contributed by atoms with Gasteiger partial charge >= 0.3 is 6.03 Å². The van der Waals surface area contributed by atoms with E-state index in [0.717, 1.165) is 16.0 Å². The van der Waals surface area contributed by atoms with E-state index in [1.807, 2.05) is 54.6 Å². The third kappa shape index (κ3) is 4.52. The second-order valence-corrected chi connectivity index (χ2v) is 8.37. The Morgan fingerprint density at radius 1 is 1.09 bits per heavy atom. The quantitative estimate of drug-likeness (QED) is 0.532. The van der Waals surface area contributed by atoms with Crippen molar-refractivity contribution < 1.29 is 23.5 Å². The number of imide groups is 1. The van der Waals surface area contributed by atoms with Crippen LogP contribution in [0.15, 0.2) is 82.5 Å². The first-order valence-electron chi connectivity index (χ1n) is 11.3. The molecule has 3 aromatic rings. The standard InChI is InChI=1S/C26H24N4O5/c1-34-19-11-9-18(10-12-19)20-15-22(23-8-5-13-35-23)30(28-20)24(31)16-29-25(32)21(27-26(29)33)14-17-6-3-2-4-7-17/h2-13,21-22H,14-16H2,1H3,(H,27,33). The molecule has 3 heterocycles. The molecule has 0 radical (unpaired) electrons. The summed E-state index contributed by atoms with van der Waals surface area (Å²) in [5.74, 6) is 0.385. The van der Waals surface area contributed by atoms with Crippen molar-refractivity contribution in [3.63, 3.8) is 0 Å². The fourth-order valence-electron chi connectivity index (χ4n) is 4.32. The Bertz CT molecular complexity index is 1250. The van der Waals surface area contributed by atoms with Crippen LogP contribution in [-0.2, 0) is 16.0 Å². The van der Waals surface area contributed by atoms with Crippen molar-refractivity contribution in [2.75, 3.05) is 13.7 Å². The topological polar surface area (TPSA) is 104 Å². The molecular weight excluding hydrogens is 448 g/mol. The minimum atomic E-state index is -0.712. The average Bonchev–Trinajstić information content (AvgIpc) is 3.62. The van der Waals surface area contributed by atoms with Crippen molar-refractivity contribution in [1.29, 1.82) is 0 Å². The number of furan rings is 1. The van der Waals surface area contributed by atoms with Gasteiger partial charge in [0.2, 0.25) is 0 Å². The number of methoxy groups -OCH3 is 1. The maximum absolute atomic E-state index is 13.3. The molecule has 2 aliphatic heterocycles. The molecule has 4 amide bonds. The van der Waals surface area contributed by atoms with Crippen molar-refractivity contribution in [3.05, 3.63) is 89.9 Å². The lowest BCUT2D eigenvalue weighted by Crippen LogP contribution is -2.41. The molecule has 1 fully saturated rings. The van der Waals surface area contributed by atoms with E-state index >= 15 is 0 Å². The molecule has 0 spiro atoms. The molecule has 35 heavy (non-hydrogen) atoms. The first kappa shape index (κ1) is 22.4. The number of rotatable bonds is 7. The van der Waals surface area contributed by atoms with E-state index in [1.54, 1.807) is 19.2 Å². The summed E-state index contributed by atoms with van der Waals surface area (Å²) in [6.07, 6.45) is 2.33. The average molecular weight is 473 g/mol. The molecule has 2 aliphatic rings. The zero-order valence-electron chi connectivity index (χ0n) is 19.1. The fourth-order valence-corrected chi connectivity index (χ4v) is 4.32. The lowest BCUT2D eigenvalue weighted by molar-refractivity contribution is -0.138. The van der Waals surface area contributed by atoms with Gasteiger partial charge in [-0.3, -0.25) is 14.5 Å². The maximum atomic E-state index is 13.3. The monoisotopic (exact) mass is 472 g/mol. The molecule has 9 heteroatoms. The van der Waals surface area contributed by atoms with Gasteiger partial charge in [-0.1, -0.05) is 30.3 Å². The molecule has 1 aromatic heterocycles. The Morgan fingerprint density at radius 3 is 2.54 bits per heavy atom. The molecule has 0 bridgehead atoms. The molecule has 2 atom stereocenters. The smallest absolute Gasteiger partial charge is 0.325 e. The van der Waals surface area contributed by atoms with Crippen molar-refractivity contribution in [3.8, 4) is 5.75 Å². The number of hydrogen-bond acceptors (Lipinski definition) is 6. The van der Waals surface area contributed by atoms with Gasteiger partial charge in [0.15, 0.2) is 0 Å². The minimum absolute atomic E-state index is 0.356. The number of hydrazone groups is 1. The summed E-state index contributed by atoms with van der Waals surface area (Å²) < 4.78 is 10.8. The van der Waals surface area contributed by atoms with Crippen LogP contribution in [0.3, 0.4) is 0 Å². The predicted molar refractivity (Wildman–Crippen MR) is 127 cm³/mol. The van der Waals surface area contributed by atoms with E-state index in [1.165, 1.54) is 11.3 Å². The molecule has 178 valence electrons. The fraction of sp³-hybridized carbons (Fsp3) is 0.231. The van der Waals surface area contributed by atoms with Crippen LogP contribution < -0.4 is 10.1 Å². The Morgan fingerprint density at radius 2 is 1.86 bits per heavy atom. The number of carbonyl (C=O) groups excluding carboxylic acids is 3. The first-order chi connectivity index (χ1) is 17.0. The summed E-state index contributed by atoms with van der Waals surface area (Å²) in [7, 11) is 1.59. The van der Waals surface area contributed by atoms with Crippen molar-refractivity contribution >= 4 is 23.6 Å². The Hall–Kier alpha value is -4.40. The van der Waals surface area contributed by atoms with E-state index in [-0.39, 0.29) is 0 Å². The van der Waals surface area contributed by atoms with Gasteiger partial charge in [0.1, 0.15) is 30.1 Å². The highest BCUT2D eigenvalue weighted by molar-refractivity contribution is 6.07. The minimum Gasteiger partial charge on any atom is -0.497 e. The van der Waals surface area contributed by atoms with Crippen LogP contribution in [0.5, 0.6) is 5.75 Å². The second kappa shape index (κ2) is 9.46. The van der Waals surface area contributed by atoms with Crippen LogP contribution >= 0.6 is 0 Å². The zero-order valence-corrected chi connectivity index (χ0v) is 19.1. The highest BCUT2D eigenvalue weighted by Gasteiger charge is 2.42. The molecule has 2 aromatic carbocycles. The van der Waals surface area contributed by atoms with Crippen LogP contribution in [0.2, 0.25) is 0 Å². The number of urea groups is 1. The summed E-state index contributed by atoms with van der Waals surface area (Å²) >= 11 is 0. The highest BCUT2D eigenvalue weighted by Crippen LogP contribution is 2.33. The second-order valence-electron chi connectivity index (χ2n) is 8.37. The molecule has 5 rings (SSSR count). The summed E-state index contributed by atoms with van der Waals surface area (Å²) in [5, 5.41) is 8.55. The van der Waals surface area contributed by atoms with Gasteiger partial charge < -0.3 is 14.5 Å². The molecular formula is C26H24N4O5. The van der Waals surface area contributed by atoms with Gasteiger partial charge in [-0.2, -0.15) is 5.10 Å². The maximum Gasteiger partial charge on any atom is 0.325 e. The van der Waals surface area contributed by atoms with E-state index in [9.17, 15) is 14.4 Å². The third-order valence-corrected chi connectivity index (χ3v) is 6.14. The summed E-state index contributed by atoms with van der Waals surface area (Å²) in [5.41, 5.74) is 2.46. The van der Waals surface area contributed by atoms with Crippen LogP contribution in [0.4, 0.5) is 4.79 Å². The van der Waals surface area contributed by atoms with E-state index < -0.39 is 36.5 Å². The van der Waals surface area contributed by atoms with Crippen molar-refractivity contribution in [1.82, 2.24) is 15.2 Å². The number of nitrogens with zero attached hydrogens (tertiary/aromatic N) is 3. The molecule has 0 aliphatic carbocycles. The van der Waals surface area contributed by atoms with Gasteiger partial charge in [-0.25, -0.2) is 9.80 Å². The first-order valence-corrected chi connectivity index (χ1v) is 11.3. The number of ether oxygens (including phenoxy) is 1. The molecule has 2 unspecified atom stereocenters. The lowest BCUT2D eigenvalue weighted by Gasteiger charge is -2.22. The summed E-state index contributed by atoms with van der Waals surface area (Å²) in [4.78, 5) is 39.8. The van der Waals surface area contributed by atoms with Crippen molar-refractivity contribution in [2.45, 2.75) is 24.9 Å². The normalized spacial score (nSPS) is 19.6. The largest absolute Gasteiger partial charge is 0.497 e. The van der Waals surface area contributed by atoms with Gasteiger partial charge in [-0.15, -0.1) is 0 Å². The predicted octanol–water partition coefficient (Wildman–Crippen LogP) is 3.13. The Balaban J connectivity index is 1.34. The Kier molecular flexibility index (Phi) is 6.05. The van der Waals surface area contributed by atoms with E-state index in [4.69, 9.17) is 9.15 Å². The van der Waals surface area contributed by atoms with Gasteiger partial charge in [0, 0.05) is 12.8 Å².